The van der Waals surface area contributed by atoms with Gasteiger partial charge in [-0.15, -0.1) is 0 Å². The van der Waals surface area contributed by atoms with Crippen molar-refractivity contribution in [2.24, 2.45) is 0 Å². The predicted octanol–water partition coefficient (Wildman–Crippen LogP) is 3.08. The van der Waals surface area contributed by atoms with Gasteiger partial charge in [0.1, 0.15) is 16.5 Å². The van der Waals surface area contributed by atoms with Crippen LogP contribution in [0.3, 0.4) is 0 Å². The maximum absolute atomic E-state index is 13.6. The molecule has 0 aliphatic heterocycles. The van der Waals surface area contributed by atoms with E-state index >= 15 is 0 Å². The van der Waals surface area contributed by atoms with E-state index in [0.29, 0.717) is 11.3 Å². The number of sulfonamides is 1. The van der Waals surface area contributed by atoms with Gasteiger partial charge in [0.15, 0.2) is 5.78 Å². The van der Waals surface area contributed by atoms with Crippen LogP contribution >= 0.6 is 0 Å². The highest BCUT2D eigenvalue weighted by Crippen LogP contribution is 2.19. The summed E-state index contributed by atoms with van der Waals surface area (Å²) in [6, 6.07) is 9.99. The Morgan fingerprint density at radius 3 is 2.52 bits per heavy atom. The van der Waals surface area contributed by atoms with E-state index in [4.69, 9.17) is 4.74 Å². The molecule has 0 bridgehead atoms. The summed E-state index contributed by atoms with van der Waals surface area (Å²) >= 11 is 0. The van der Waals surface area contributed by atoms with Crippen LogP contribution in [-0.4, -0.2) is 26.8 Å². The average Bonchev–Trinajstić information content (AvgIpc) is 2.51. The van der Waals surface area contributed by atoms with Crippen LogP contribution in [0, 0.1) is 12.7 Å². The van der Waals surface area contributed by atoms with Crippen LogP contribution < -0.4 is 9.46 Å². The Hall–Kier alpha value is -2.25. The first-order valence-electron chi connectivity index (χ1n) is 7.75. The van der Waals surface area contributed by atoms with Crippen molar-refractivity contribution < 1.29 is 22.3 Å². The Balaban J connectivity index is 2.15. The second kappa shape index (κ2) is 7.76. The van der Waals surface area contributed by atoms with Crippen LogP contribution in [0.2, 0.25) is 0 Å². The van der Waals surface area contributed by atoms with E-state index in [1.54, 1.807) is 18.2 Å². The molecule has 0 aromatic heterocycles. The number of carbonyl (C=O) groups excluding carboxylic acids is 1. The van der Waals surface area contributed by atoms with Crippen molar-refractivity contribution in [3.63, 3.8) is 0 Å². The zero-order valence-electron chi connectivity index (χ0n) is 14.2. The number of rotatable bonds is 7. The summed E-state index contributed by atoms with van der Waals surface area (Å²) in [4.78, 5) is 11.8. The normalized spacial score (nSPS) is 11.6. The molecule has 5 nitrogen and oxygen atoms in total. The summed E-state index contributed by atoms with van der Waals surface area (Å²) in [5.74, 6) is -0.766. The van der Waals surface area contributed by atoms with Crippen LogP contribution in [0.15, 0.2) is 47.4 Å². The standard InChI is InChI=1S/C18H20FNO4S/c1-12(2)24-15-9-13(3)8-14(10-15)17(21)11-20-25(22,23)18-7-5-4-6-16(18)19/h4-10,12,20H,11H2,1-3H3. The third-order valence-corrected chi connectivity index (χ3v) is 4.73. The van der Waals surface area contributed by atoms with Crippen molar-refractivity contribution in [2.75, 3.05) is 6.54 Å². The number of Topliss-reactive ketones (excluding diaryl/α,β-unsaturated/α-hetero) is 1. The zero-order chi connectivity index (χ0) is 18.6. The number of hydrogen-bond acceptors (Lipinski definition) is 4. The average molecular weight is 365 g/mol. The Bertz CT molecular complexity index is 878. The molecule has 0 aliphatic rings. The lowest BCUT2D eigenvalue weighted by atomic mass is 10.1. The smallest absolute Gasteiger partial charge is 0.243 e. The van der Waals surface area contributed by atoms with Crippen LogP contribution in [0.25, 0.3) is 0 Å². The SMILES string of the molecule is Cc1cc(OC(C)C)cc(C(=O)CNS(=O)(=O)c2ccccc2F)c1. The lowest BCUT2D eigenvalue weighted by Crippen LogP contribution is -2.30. The van der Waals surface area contributed by atoms with Crippen molar-refractivity contribution >= 4 is 15.8 Å². The topological polar surface area (TPSA) is 72.5 Å². The molecule has 0 amide bonds. The summed E-state index contributed by atoms with van der Waals surface area (Å²) in [5, 5.41) is 0. The molecule has 0 radical (unpaired) electrons. The highest BCUT2D eigenvalue weighted by Gasteiger charge is 2.20. The molecular weight excluding hydrogens is 345 g/mol. The Morgan fingerprint density at radius 2 is 1.88 bits per heavy atom. The minimum Gasteiger partial charge on any atom is -0.491 e. The lowest BCUT2D eigenvalue weighted by molar-refractivity contribution is 0.0996. The molecule has 25 heavy (non-hydrogen) atoms. The molecule has 1 N–H and O–H groups in total. The zero-order valence-corrected chi connectivity index (χ0v) is 15.1. The second-order valence-electron chi connectivity index (χ2n) is 5.88. The highest BCUT2D eigenvalue weighted by molar-refractivity contribution is 7.89. The number of benzene rings is 2. The number of aryl methyl sites for hydroxylation is 1. The van der Waals surface area contributed by atoms with Gasteiger partial charge in [-0.25, -0.2) is 17.5 Å². The van der Waals surface area contributed by atoms with Gasteiger partial charge in [-0.05, 0) is 56.7 Å². The van der Waals surface area contributed by atoms with Crippen molar-refractivity contribution in [3.05, 3.63) is 59.4 Å². The maximum Gasteiger partial charge on any atom is 0.243 e. The number of ketones is 1. The predicted molar refractivity (Wildman–Crippen MR) is 92.9 cm³/mol. The second-order valence-corrected chi connectivity index (χ2v) is 7.61. The van der Waals surface area contributed by atoms with Crippen LogP contribution in [0.4, 0.5) is 4.39 Å². The Morgan fingerprint density at radius 1 is 1.20 bits per heavy atom. The molecule has 0 saturated heterocycles. The lowest BCUT2D eigenvalue weighted by Gasteiger charge is -2.12. The largest absolute Gasteiger partial charge is 0.491 e. The molecule has 134 valence electrons. The number of ether oxygens (including phenoxy) is 1. The first-order chi connectivity index (χ1) is 11.7. The fraction of sp³-hybridized carbons (Fsp3) is 0.278. The summed E-state index contributed by atoms with van der Waals surface area (Å²) in [6.45, 7) is 5.08. The van der Waals surface area contributed by atoms with Gasteiger partial charge in [0.2, 0.25) is 10.0 Å². The molecule has 2 aromatic rings. The van der Waals surface area contributed by atoms with Crippen molar-refractivity contribution in [1.82, 2.24) is 4.72 Å². The summed E-state index contributed by atoms with van der Waals surface area (Å²) in [7, 11) is -4.11. The highest BCUT2D eigenvalue weighted by atomic mass is 32.2. The molecule has 0 aliphatic carbocycles. The molecule has 0 unspecified atom stereocenters. The van der Waals surface area contributed by atoms with Gasteiger partial charge in [0.05, 0.1) is 12.6 Å². The van der Waals surface area contributed by atoms with E-state index in [2.05, 4.69) is 4.72 Å². The van der Waals surface area contributed by atoms with Gasteiger partial charge >= 0.3 is 0 Å². The molecule has 0 fully saturated rings. The van der Waals surface area contributed by atoms with Crippen molar-refractivity contribution in [2.45, 2.75) is 31.8 Å². The third-order valence-electron chi connectivity index (χ3n) is 3.29. The maximum atomic E-state index is 13.6. The van der Waals surface area contributed by atoms with E-state index in [1.165, 1.54) is 12.1 Å². The molecular formula is C18H20FNO4S. The molecule has 0 saturated carbocycles. The molecule has 2 rings (SSSR count). The van der Waals surface area contributed by atoms with Crippen molar-refractivity contribution in [3.8, 4) is 5.75 Å². The monoisotopic (exact) mass is 365 g/mol. The quantitative estimate of drug-likeness (QED) is 0.766. The molecule has 0 atom stereocenters. The van der Waals surface area contributed by atoms with Gasteiger partial charge in [-0.1, -0.05) is 12.1 Å². The summed E-state index contributed by atoms with van der Waals surface area (Å²) < 4.78 is 45.6. The number of hydrogen-bond donors (Lipinski definition) is 1. The number of halogens is 1. The van der Waals surface area contributed by atoms with Gasteiger partial charge in [-0.2, -0.15) is 0 Å². The van der Waals surface area contributed by atoms with Crippen LogP contribution in [0.5, 0.6) is 5.75 Å². The van der Waals surface area contributed by atoms with Gasteiger partial charge in [0, 0.05) is 5.56 Å². The Labute approximate surface area is 146 Å². The molecule has 0 spiro atoms. The first-order valence-corrected chi connectivity index (χ1v) is 9.23. The first kappa shape index (κ1) is 19.1. The van der Waals surface area contributed by atoms with E-state index in [-0.39, 0.29) is 6.10 Å². The fourth-order valence-corrected chi connectivity index (χ4v) is 3.31. The van der Waals surface area contributed by atoms with Crippen LogP contribution in [-0.2, 0) is 10.0 Å². The van der Waals surface area contributed by atoms with E-state index in [9.17, 15) is 17.6 Å². The fourth-order valence-electron chi connectivity index (χ4n) is 2.25. The van der Waals surface area contributed by atoms with Gasteiger partial charge < -0.3 is 4.74 Å². The van der Waals surface area contributed by atoms with Gasteiger partial charge in [-0.3, -0.25) is 4.79 Å². The summed E-state index contributed by atoms with van der Waals surface area (Å²) in [5.41, 5.74) is 1.14. The summed E-state index contributed by atoms with van der Waals surface area (Å²) in [6.07, 6.45) is -0.0516. The van der Waals surface area contributed by atoms with E-state index in [0.717, 1.165) is 17.7 Å². The van der Waals surface area contributed by atoms with Crippen molar-refractivity contribution in [1.29, 1.82) is 0 Å². The number of nitrogens with one attached hydrogen (secondary N) is 1. The molecule has 2 aromatic carbocycles. The van der Waals surface area contributed by atoms with Gasteiger partial charge in [0.25, 0.3) is 0 Å². The van der Waals surface area contributed by atoms with E-state index in [1.807, 2.05) is 20.8 Å². The molecule has 7 heteroatoms. The molecule has 0 heterocycles. The minimum absolute atomic E-state index is 0.0516. The third kappa shape index (κ3) is 5.11. The van der Waals surface area contributed by atoms with Crippen LogP contribution in [0.1, 0.15) is 29.8 Å². The number of carbonyl (C=O) groups is 1. The Kier molecular flexibility index (Phi) is 5.92. The van der Waals surface area contributed by atoms with E-state index < -0.39 is 33.1 Å². The minimum atomic E-state index is -4.11.